The highest BCUT2D eigenvalue weighted by molar-refractivity contribution is 7.92. The molecule has 0 N–H and O–H groups in total. The number of hydrogen-bond donors (Lipinski definition) is 0. The first-order valence-corrected chi connectivity index (χ1v) is 8.49. The lowest BCUT2D eigenvalue weighted by Gasteiger charge is -2.23. The van der Waals surface area contributed by atoms with E-state index in [0.29, 0.717) is 11.4 Å². The number of sulfonamides is 1. The van der Waals surface area contributed by atoms with Crippen molar-refractivity contribution in [1.29, 1.82) is 0 Å². The molecule has 0 aliphatic carbocycles. The molecule has 0 atom stereocenters. The molecule has 2 aromatic rings. The monoisotopic (exact) mass is 351 g/mol. The fraction of sp³-hybridized carbons (Fsp3) is 0.176. The molecule has 0 saturated heterocycles. The van der Waals surface area contributed by atoms with Crippen molar-refractivity contribution in [2.75, 3.05) is 25.1 Å². The van der Waals surface area contributed by atoms with Crippen LogP contribution in [0.1, 0.15) is 0 Å². The van der Waals surface area contributed by atoms with Crippen molar-refractivity contribution in [2.45, 2.75) is 4.90 Å². The third kappa shape index (κ3) is 3.51. The van der Waals surface area contributed by atoms with Gasteiger partial charge in [0.1, 0.15) is 5.75 Å². The second-order valence-electron chi connectivity index (χ2n) is 4.82. The van der Waals surface area contributed by atoms with Gasteiger partial charge in [-0.15, -0.1) is 6.58 Å². The second kappa shape index (κ2) is 7.35. The highest BCUT2D eigenvalue weighted by atomic mass is 32.2. The summed E-state index contributed by atoms with van der Waals surface area (Å²) in [5.74, 6) is -0.161. The van der Waals surface area contributed by atoms with Crippen LogP contribution in [0.25, 0.3) is 0 Å². The summed E-state index contributed by atoms with van der Waals surface area (Å²) < 4.78 is 50.6. The lowest BCUT2D eigenvalue weighted by molar-refractivity contribution is 0.385. The molecule has 0 unspecified atom stereocenters. The molecule has 0 saturated carbocycles. The first kappa shape index (κ1) is 17.8. The summed E-state index contributed by atoms with van der Waals surface area (Å²) in [6, 6.07) is 10.0. The van der Waals surface area contributed by atoms with Gasteiger partial charge in [0.2, 0.25) is 0 Å². The van der Waals surface area contributed by atoms with Crippen molar-refractivity contribution in [1.82, 2.24) is 0 Å². The number of nitrogens with zero attached hydrogens (tertiary/aromatic N) is 1. The van der Waals surface area contributed by atoms with Crippen LogP contribution in [-0.4, -0.2) is 29.2 Å². The van der Waals surface area contributed by atoms with E-state index in [1.165, 1.54) is 32.4 Å². The summed E-state index contributed by atoms with van der Waals surface area (Å²) >= 11 is 0. The Morgan fingerprint density at radius 1 is 1.12 bits per heavy atom. The van der Waals surface area contributed by atoms with Crippen molar-refractivity contribution in [3.63, 3.8) is 0 Å². The summed E-state index contributed by atoms with van der Waals surface area (Å²) in [5, 5.41) is 0. The first-order valence-electron chi connectivity index (χ1n) is 7.05. The molecule has 2 aromatic carbocycles. The molecule has 7 heteroatoms. The van der Waals surface area contributed by atoms with Crippen molar-refractivity contribution >= 4 is 15.7 Å². The molecule has 0 aromatic heterocycles. The van der Waals surface area contributed by atoms with Gasteiger partial charge in [0.15, 0.2) is 11.6 Å². The van der Waals surface area contributed by atoms with Crippen LogP contribution in [-0.2, 0) is 10.0 Å². The minimum Gasteiger partial charge on any atom is -0.497 e. The zero-order valence-electron chi connectivity index (χ0n) is 13.4. The molecule has 0 radical (unpaired) electrons. The summed E-state index contributed by atoms with van der Waals surface area (Å²) in [5.41, 5.74) is 0.423. The SMILES string of the molecule is C=CCN(c1ccc(OC)cc1)S(=O)(=O)c1ccc(OC)c(F)c1. The Bertz CT molecular complexity index is 819. The molecule has 0 amide bonds. The van der Waals surface area contributed by atoms with Crippen LogP contribution < -0.4 is 13.8 Å². The average Bonchev–Trinajstić information content (AvgIpc) is 2.59. The predicted octanol–water partition coefficient (Wildman–Crippen LogP) is 3.22. The summed E-state index contributed by atoms with van der Waals surface area (Å²) in [4.78, 5) is -0.168. The van der Waals surface area contributed by atoms with E-state index in [9.17, 15) is 12.8 Å². The predicted molar refractivity (Wildman–Crippen MR) is 90.7 cm³/mol. The maximum atomic E-state index is 13.9. The van der Waals surface area contributed by atoms with E-state index in [4.69, 9.17) is 9.47 Å². The van der Waals surface area contributed by atoms with Crippen molar-refractivity contribution in [3.05, 3.63) is 60.9 Å². The quantitative estimate of drug-likeness (QED) is 0.719. The van der Waals surface area contributed by atoms with Gasteiger partial charge in [-0.3, -0.25) is 4.31 Å². The molecule has 2 rings (SSSR count). The number of hydrogen-bond acceptors (Lipinski definition) is 4. The van der Waals surface area contributed by atoms with E-state index >= 15 is 0 Å². The van der Waals surface area contributed by atoms with Crippen LogP contribution in [0.3, 0.4) is 0 Å². The standard InChI is InChI=1S/C17H18FNO4S/c1-4-11-19(13-5-7-14(22-2)8-6-13)24(20,21)15-9-10-17(23-3)16(18)12-15/h4-10,12H,1,11H2,2-3H3. The Balaban J connectivity index is 2.48. The Hall–Kier alpha value is -2.54. The Morgan fingerprint density at radius 3 is 2.29 bits per heavy atom. The lowest BCUT2D eigenvalue weighted by Crippen LogP contribution is -2.31. The van der Waals surface area contributed by atoms with E-state index in [2.05, 4.69) is 6.58 Å². The topological polar surface area (TPSA) is 55.8 Å². The van der Waals surface area contributed by atoms with E-state index in [-0.39, 0.29) is 17.2 Å². The minimum atomic E-state index is -3.96. The summed E-state index contributed by atoms with van der Waals surface area (Å²) in [6.07, 6.45) is 1.46. The van der Waals surface area contributed by atoms with Gasteiger partial charge in [0, 0.05) is 0 Å². The molecule has 24 heavy (non-hydrogen) atoms. The minimum absolute atomic E-state index is 0.0198. The third-order valence-electron chi connectivity index (χ3n) is 3.37. The molecule has 0 fully saturated rings. The van der Waals surface area contributed by atoms with Gasteiger partial charge in [-0.05, 0) is 42.5 Å². The summed E-state index contributed by atoms with van der Waals surface area (Å²) in [7, 11) is -1.12. The van der Waals surface area contributed by atoms with Gasteiger partial charge >= 0.3 is 0 Å². The smallest absolute Gasteiger partial charge is 0.264 e. The Kier molecular flexibility index (Phi) is 5.46. The number of rotatable bonds is 7. The summed E-state index contributed by atoms with van der Waals surface area (Å²) in [6.45, 7) is 3.63. The molecule has 5 nitrogen and oxygen atoms in total. The lowest BCUT2D eigenvalue weighted by atomic mass is 10.3. The number of halogens is 1. The normalized spacial score (nSPS) is 11.0. The van der Waals surface area contributed by atoms with E-state index in [1.54, 1.807) is 24.3 Å². The highest BCUT2D eigenvalue weighted by Crippen LogP contribution is 2.28. The van der Waals surface area contributed by atoms with E-state index < -0.39 is 15.8 Å². The van der Waals surface area contributed by atoms with Gasteiger partial charge < -0.3 is 9.47 Å². The molecule has 0 heterocycles. The average molecular weight is 351 g/mol. The van der Waals surface area contributed by atoms with Gasteiger partial charge in [-0.1, -0.05) is 6.08 Å². The van der Waals surface area contributed by atoms with E-state index in [0.717, 1.165) is 10.4 Å². The number of anilines is 1. The van der Waals surface area contributed by atoms with Crippen LogP contribution in [0, 0.1) is 5.82 Å². The third-order valence-corrected chi connectivity index (χ3v) is 5.16. The molecular formula is C17H18FNO4S. The van der Waals surface area contributed by atoms with Crippen LogP contribution in [0.4, 0.5) is 10.1 Å². The van der Waals surface area contributed by atoms with Gasteiger partial charge in [0.25, 0.3) is 10.0 Å². The highest BCUT2D eigenvalue weighted by Gasteiger charge is 2.25. The Labute approximate surface area is 141 Å². The maximum Gasteiger partial charge on any atom is 0.264 e. The first-order chi connectivity index (χ1) is 11.4. The van der Waals surface area contributed by atoms with Crippen molar-refractivity contribution in [3.8, 4) is 11.5 Å². The zero-order chi connectivity index (χ0) is 17.7. The largest absolute Gasteiger partial charge is 0.497 e. The molecule has 0 bridgehead atoms. The van der Waals surface area contributed by atoms with Gasteiger partial charge in [-0.2, -0.15) is 0 Å². The van der Waals surface area contributed by atoms with Gasteiger partial charge in [-0.25, -0.2) is 12.8 Å². The second-order valence-corrected chi connectivity index (χ2v) is 6.68. The van der Waals surface area contributed by atoms with E-state index in [1.807, 2.05) is 0 Å². The zero-order valence-corrected chi connectivity index (χ0v) is 14.2. The van der Waals surface area contributed by atoms with Crippen LogP contribution in [0.15, 0.2) is 60.0 Å². The van der Waals surface area contributed by atoms with Gasteiger partial charge in [0.05, 0.1) is 31.3 Å². The molecule has 128 valence electrons. The molecule has 0 aliphatic heterocycles. The van der Waals surface area contributed by atoms with Crippen LogP contribution >= 0.6 is 0 Å². The number of methoxy groups -OCH3 is 2. The molecular weight excluding hydrogens is 333 g/mol. The maximum absolute atomic E-state index is 13.9. The number of ether oxygens (including phenoxy) is 2. The van der Waals surface area contributed by atoms with Crippen molar-refractivity contribution in [2.24, 2.45) is 0 Å². The fourth-order valence-corrected chi connectivity index (χ4v) is 3.59. The number of benzene rings is 2. The Morgan fingerprint density at radius 2 is 1.79 bits per heavy atom. The fourth-order valence-electron chi connectivity index (χ4n) is 2.14. The van der Waals surface area contributed by atoms with Crippen LogP contribution in [0.2, 0.25) is 0 Å². The molecule has 0 spiro atoms. The molecule has 0 aliphatic rings. The van der Waals surface area contributed by atoms with Crippen molar-refractivity contribution < 1.29 is 22.3 Å². The van der Waals surface area contributed by atoms with Crippen LogP contribution in [0.5, 0.6) is 11.5 Å².